The van der Waals surface area contributed by atoms with Crippen LogP contribution in [0.4, 0.5) is 0 Å². The summed E-state index contributed by atoms with van der Waals surface area (Å²) in [5.74, 6) is 4.93. The summed E-state index contributed by atoms with van der Waals surface area (Å²) in [6.07, 6.45) is 2.76. The number of phenolic OH excluding ortho intramolecular Hbond substituents is 1. The van der Waals surface area contributed by atoms with E-state index in [1.807, 2.05) is 18.2 Å². The van der Waals surface area contributed by atoms with Gasteiger partial charge in [-0.3, -0.25) is 4.90 Å². The first kappa shape index (κ1) is 31.8. The van der Waals surface area contributed by atoms with Crippen molar-refractivity contribution in [2.45, 2.75) is 37.8 Å². The van der Waals surface area contributed by atoms with Crippen molar-refractivity contribution >= 4 is 0 Å². The first-order valence-electron chi connectivity index (χ1n) is 16.2. The van der Waals surface area contributed by atoms with Crippen LogP contribution in [-0.2, 0) is 25.7 Å². The van der Waals surface area contributed by atoms with Crippen molar-refractivity contribution < 1.29 is 38.3 Å². The number of nitrogens with zero attached hydrogens (tertiary/aromatic N) is 1. The first-order chi connectivity index (χ1) is 23.4. The molecule has 4 heterocycles. The first-order valence-corrected chi connectivity index (χ1v) is 16.2. The lowest BCUT2D eigenvalue weighted by atomic mass is 9.86. The van der Waals surface area contributed by atoms with E-state index >= 15 is 0 Å². The third-order valence-electron chi connectivity index (χ3n) is 9.82. The molecule has 48 heavy (non-hydrogen) atoms. The van der Waals surface area contributed by atoms with Crippen LogP contribution >= 0.6 is 0 Å². The lowest BCUT2D eigenvalue weighted by Crippen LogP contribution is -2.34. The summed E-state index contributed by atoms with van der Waals surface area (Å²) in [5, 5.41) is 15.0. The zero-order valence-electron chi connectivity index (χ0n) is 28.3. The number of phenols is 1. The van der Waals surface area contributed by atoms with Gasteiger partial charge in [0.25, 0.3) is 0 Å². The standard InChI is InChI=1S/C38H42N2O8/c1-40-14-12-25-34-28(40)16-23-18-32(31(43-3)20-29(23)41)47-24-9-7-21(8-10-24)15-27-26-19-33(30(42-2)17-22(26)11-13-39-27)48-36(34)38(46-6)37(45-5)35(25)44-4/h7-10,17-20,27-28,39,41H,11-16H2,1-6H3. The Morgan fingerprint density at radius 1 is 0.750 bits per heavy atom. The molecule has 0 radical (unpaired) electrons. The fourth-order valence-corrected chi connectivity index (χ4v) is 7.38. The molecule has 0 aromatic heterocycles. The van der Waals surface area contributed by atoms with Crippen LogP contribution in [0.15, 0.2) is 48.5 Å². The maximum atomic E-state index is 11.3. The fraction of sp³-hybridized carbons (Fsp3) is 0.368. The SMILES string of the molecule is COc1cc(O)c2cc1Oc1ccc(cc1)CC1NCCc3cc(OC)c(cc31)Oc1c(OC)c(OC)c(OC)c3c1C(C2)N(C)CC3. The molecule has 2 atom stereocenters. The topological polar surface area (TPSA) is 100 Å². The van der Waals surface area contributed by atoms with E-state index in [1.54, 1.807) is 41.6 Å². The minimum atomic E-state index is -0.249. The number of methoxy groups -OCH3 is 5. The number of likely N-dealkylation sites (N-methyl/N-ethyl adjacent to an activating group) is 1. The van der Waals surface area contributed by atoms with Gasteiger partial charge in [-0.05, 0) is 91.9 Å². The van der Waals surface area contributed by atoms with E-state index in [2.05, 4.69) is 41.5 Å². The lowest BCUT2D eigenvalue weighted by Gasteiger charge is -2.38. The third kappa shape index (κ3) is 5.48. The Morgan fingerprint density at radius 2 is 1.46 bits per heavy atom. The van der Waals surface area contributed by atoms with Gasteiger partial charge in [-0.1, -0.05) is 12.1 Å². The Balaban J connectivity index is 1.50. The molecule has 10 nitrogen and oxygen atoms in total. The van der Waals surface area contributed by atoms with Gasteiger partial charge in [0.15, 0.2) is 34.5 Å². The summed E-state index contributed by atoms with van der Waals surface area (Å²) in [5.41, 5.74) is 6.08. The molecule has 0 saturated carbocycles. The Morgan fingerprint density at radius 3 is 2.17 bits per heavy atom. The number of hydrogen-bond donors (Lipinski definition) is 2. The summed E-state index contributed by atoms with van der Waals surface area (Å²) in [7, 11) is 10.1. The lowest BCUT2D eigenvalue weighted by molar-refractivity contribution is 0.215. The van der Waals surface area contributed by atoms with Crippen molar-refractivity contribution in [2.75, 3.05) is 55.7 Å². The van der Waals surface area contributed by atoms with Crippen molar-refractivity contribution in [1.29, 1.82) is 0 Å². The molecular weight excluding hydrogens is 612 g/mol. The van der Waals surface area contributed by atoms with Crippen LogP contribution in [0.2, 0.25) is 0 Å². The summed E-state index contributed by atoms with van der Waals surface area (Å²) < 4.78 is 43.0. The second kappa shape index (κ2) is 13.0. The molecule has 10 heteroatoms. The second-order valence-corrected chi connectivity index (χ2v) is 12.4. The van der Waals surface area contributed by atoms with E-state index < -0.39 is 0 Å². The number of fused-ring (bicyclic) bond motifs is 2. The van der Waals surface area contributed by atoms with Crippen LogP contribution in [-0.4, -0.2) is 65.7 Å². The molecule has 2 N–H and O–H groups in total. The van der Waals surface area contributed by atoms with Gasteiger partial charge in [-0.25, -0.2) is 0 Å². The van der Waals surface area contributed by atoms with E-state index in [9.17, 15) is 5.11 Å². The molecule has 0 amide bonds. The minimum absolute atomic E-state index is 0.0625. The van der Waals surface area contributed by atoms with Crippen molar-refractivity contribution in [3.63, 3.8) is 0 Å². The highest BCUT2D eigenvalue weighted by molar-refractivity contribution is 5.70. The highest BCUT2D eigenvalue weighted by Gasteiger charge is 2.38. The van der Waals surface area contributed by atoms with Gasteiger partial charge in [0.2, 0.25) is 11.5 Å². The molecule has 0 fully saturated rings. The summed E-state index contributed by atoms with van der Waals surface area (Å²) in [6.45, 7) is 1.60. The van der Waals surface area contributed by atoms with E-state index in [0.717, 1.165) is 48.2 Å². The average Bonchev–Trinajstić information content (AvgIpc) is 3.10. The van der Waals surface area contributed by atoms with Gasteiger partial charge in [0.05, 0.1) is 35.5 Å². The van der Waals surface area contributed by atoms with E-state index in [4.69, 9.17) is 33.2 Å². The van der Waals surface area contributed by atoms with Gasteiger partial charge < -0.3 is 43.6 Å². The number of aromatic hydroxyl groups is 1. The Bertz CT molecular complexity index is 1840. The largest absolute Gasteiger partial charge is 0.508 e. The van der Waals surface area contributed by atoms with Crippen LogP contribution in [0.3, 0.4) is 0 Å². The summed E-state index contributed by atoms with van der Waals surface area (Å²) in [6, 6.07) is 15.6. The molecule has 252 valence electrons. The summed E-state index contributed by atoms with van der Waals surface area (Å²) in [4.78, 5) is 2.26. The summed E-state index contributed by atoms with van der Waals surface area (Å²) >= 11 is 0. The molecular formula is C38H42N2O8. The predicted molar refractivity (Wildman–Crippen MR) is 181 cm³/mol. The Labute approximate surface area is 281 Å². The normalized spacial score (nSPS) is 18.4. The Kier molecular flexibility index (Phi) is 8.61. The van der Waals surface area contributed by atoms with Gasteiger partial charge >= 0.3 is 0 Å². The van der Waals surface area contributed by atoms with Crippen molar-refractivity contribution in [3.8, 4) is 57.5 Å². The van der Waals surface area contributed by atoms with E-state index in [-0.39, 0.29) is 17.8 Å². The molecule has 4 aromatic rings. The Hall–Kier alpha value is -4.80. The number of ether oxygens (including phenoxy) is 7. The predicted octanol–water partition coefficient (Wildman–Crippen LogP) is 6.53. The molecule has 4 aliphatic heterocycles. The van der Waals surface area contributed by atoms with E-state index in [0.29, 0.717) is 70.2 Å². The molecule has 2 unspecified atom stereocenters. The molecule has 0 aliphatic carbocycles. The van der Waals surface area contributed by atoms with Crippen LogP contribution in [0.5, 0.6) is 57.5 Å². The van der Waals surface area contributed by atoms with Crippen LogP contribution in [0.25, 0.3) is 0 Å². The average molecular weight is 655 g/mol. The zero-order chi connectivity index (χ0) is 33.5. The molecule has 6 bridgehead atoms. The van der Waals surface area contributed by atoms with Crippen molar-refractivity contribution in [1.82, 2.24) is 10.2 Å². The smallest absolute Gasteiger partial charge is 0.208 e. The monoisotopic (exact) mass is 654 g/mol. The number of hydrogen-bond acceptors (Lipinski definition) is 10. The van der Waals surface area contributed by atoms with Gasteiger partial charge in [0.1, 0.15) is 11.5 Å². The molecule has 8 rings (SSSR count). The van der Waals surface area contributed by atoms with Gasteiger partial charge in [-0.2, -0.15) is 0 Å². The highest BCUT2D eigenvalue weighted by Crippen LogP contribution is 2.56. The number of benzene rings is 4. The number of rotatable bonds is 5. The van der Waals surface area contributed by atoms with Crippen molar-refractivity contribution in [3.05, 3.63) is 81.9 Å². The van der Waals surface area contributed by atoms with E-state index in [1.165, 1.54) is 5.56 Å². The molecule has 4 aliphatic rings. The third-order valence-corrected chi connectivity index (χ3v) is 9.82. The maximum absolute atomic E-state index is 11.3. The second-order valence-electron chi connectivity index (χ2n) is 12.4. The minimum Gasteiger partial charge on any atom is -0.508 e. The molecule has 4 aromatic carbocycles. The quantitative estimate of drug-likeness (QED) is 0.247. The zero-order valence-corrected chi connectivity index (χ0v) is 28.3. The van der Waals surface area contributed by atoms with Gasteiger partial charge in [-0.15, -0.1) is 0 Å². The number of nitrogens with one attached hydrogen (secondary N) is 1. The van der Waals surface area contributed by atoms with Crippen LogP contribution < -0.4 is 38.5 Å². The fourth-order valence-electron chi connectivity index (χ4n) is 7.38. The molecule has 0 spiro atoms. The van der Waals surface area contributed by atoms with Crippen LogP contribution in [0, 0.1) is 0 Å². The van der Waals surface area contributed by atoms with Gasteiger partial charge in [0, 0.05) is 35.8 Å². The van der Waals surface area contributed by atoms with Crippen molar-refractivity contribution in [2.24, 2.45) is 0 Å². The van der Waals surface area contributed by atoms with Crippen LogP contribution in [0.1, 0.15) is 45.5 Å². The highest BCUT2D eigenvalue weighted by atomic mass is 16.6. The maximum Gasteiger partial charge on any atom is 0.208 e. The molecule has 0 saturated heterocycles.